The van der Waals surface area contributed by atoms with Crippen molar-refractivity contribution in [1.82, 2.24) is 5.32 Å². The van der Waals surface area contributed by atoms with Crippen LogP contribution in [-0.2, 0) is 20.7 Å². The van der Waals surface area contributed by atoms with Gasteiger partial charge in [-0.25, -0.2) is 9.18 Å². The Morgan fingerprint density at radius 1 is 1.37 bits per heavy atom. The molecule has 3 saturated heterocycles. The summed E-state index contributed by atoms with van der Waals surface area (Å²) in [6.45, 7) is 1.88. The van der Waals surface area contributed by atoms with Crippen LogP contribution >= 0.6 is 0 Å². The van der Waals surface area contributed by atoms with Crippen molar-refractivity contribution in [2.24, 2.45) is 0 Å². The van der Waals surface area contributed by atoms with E-state index in [0.717, 1.165) is 12.8 Å². The Balaban J connectivity index is 1.49. The van der Waals surface area contributed by atoms with Gasteiger partial charge in [-0.15, -0.1) is 0 Å². The minimum absolute atomic E-state index is 0.115. The van der Waals surface area contributed by atoms with Crippen LogP contribution in [0.5, 0.6) is 0 Å². The van der Waals surface area contributed by atoms with Gasteiger partial charge in [-0.05, 0) is 42.2 Å². The van der Waals surface area contributed by atoms with E-state index in [1.54, 1.807) is 12.1 Å². The van der Waals surface area contributed by atoms with E-state index in [1.807, 2.05) is 0 Å². The summed E-state index contributed by atoms with van der Waals surface area (Å²) < 4.78 is 32.0. The van der Waals surface area contributed by atoms with Crippen LogP contribution in [0.3, 0.4) is 0 Å². The van der Waals surface area contributed by atoms with E-state index in [2.05, 4.69) is 10.2 Å². The minimum atomic E-state index is -0.823. The maximum absolute atomic E-state index is 14.9. The van der Waals surface area contributed by atoms with E-state index in [-0.39, 0.29) is 31.1 Å². The molecule has 2 bridgehead atoms. The van der Waals surface area contributed by atoms with Crippen LogP contribution in [0.2, 0.25) is 0 Å². The van der Waals surface area contributed by atoms with Gasteiger partial charge in [0.15, 0.2) is 0 Å². The third-order valence-electron chi connectivity index (χ3n) is 5.35. The zero-order chi connectivity index (χ0) is 19.1. The molecule has 0 aliphatic carbocycles. The molecule has 0 spiro atoms. The Kier molecular flexibility index (Phi) is 4.90. The van der Waals surface area contributed by atoms with Crippen LogP contribution in [0.1, 0.15) is 19.8 Å². The molecule has 3 aliphatic rings. The number of ether oxygens (including phenoxy) is 1. The van der Waals surface area contributed by atoms with Crippen molar-refractivity contribution < 1.29 is 23.3 Å². The molecule has 1 N–H and O–H groups in total. The molecule has 2 unspecified atom stereocenters. The maximum Gasteiger partial charge on any atom is 0.414 e. The number of nitrogens with zero attached hydrogens (tertiary/aromatic N) is 2. The quantitative estimate of drug-likeness (QED) is 0.779. The third-order valence-corrected chi connectivity index (χ3v) is 6.86. The number of hydrogen-bond donors (Lipinski definition) is 1. The molecular formula is C18H22FN3O4S. The first-order chi connectivity index (χ1) is 12.9. The number of carbonyl (C=O) groups is 2. The maximum atomic E-state index is 14.9. The number of halogens is 1. The van der Waals surface area contributed by atoms with E-state index < -0.39 is 29.2 Å². The van der Waals surface area contributed by atoms with E-state index in [0.29, 0.717) is 22.9 Å². The van der Waals surface area contributed by atoms with Gasteiger partial charge in [0.2, 0.25) is 5.91 Å². The monoisotopic (exact) mass is 395 g/mol. The molecule has 146 valence electrons. The van der Waals surface area contributed by atoms with Gasteiger partial charge < -0.3 is 19.5 Å². The van der Waals surface area contributed by atoms with Crippen molar-refractivity contribution in [3.05, 3.63) is 24.0 Å². The lowest BCUT2D eigenvalue weighted by Crippen LogP contribution is -2.49. The summed E-state index contributed by atoms with van der Waals surface area (Å²) in [6, 6.07) is 4.99. The lowest BCUT2D eigenvalue weighted by atomic mass is 10.2. The van der Waals surface area contributed by atoms with Crippen molar-refractivity contribution in [3.8, 4) is 0 Å². The van der Waals surface area contributed by atoms with Gasteiger partial charge in [-0.2, -0.15) is 0 Å². The summed E-state index contributed by atoms with van der Waals surface area (Å²) in [5, 5.41) is 2.62. The van der Waals surface area contributed by atoms with E-state index in [9.17, 15) is 18.5 Å². The number of hydrogen-bond acceptors (Lipinski definition) is 5. The molecule has 4 rings (SSSR count). The van der Waals surface area contributed by atoms with Crippen LogP contribution in [0.25, 0.3) is 0 Å². The zero-order valence-electron chi connectivity index (χ0n) is 15.0. The van der Waals surface area contributed by atoms with Gasteiger partial charge in [-0.3, -0.25) is 9.69 Å². The summed E-state index contributed by atoms with van der Waals surface area (Å²) in [4.78, 5) is 26.5. The first kappa shape index (κ1) is 18.4. The Morgan fingerprint density at radius 3 is 2.70 bits per heavy atom. The van der Waals surface area contributed by atoms with Crippen LogP contribution in [0.15, 0.2) is 18.2 Å². The summed E-state index contributed by atoms with van der Waals surface area (Å²) in [5.41, 5.74) is 0.935. The number of rotatable bonds is 4. The van der Waals surface area contributed by atoms with Gasteiger partial charge in [0, 0.05) is 6.92 Å². The van der Waals surface area contributed by atoms with Gasteiger partial charge in [-0.1, -0.05) is 0 Å². The molecule has 0 aromatic heterocycles. The Labute approximate surface area is 160 Å². The fraction of sp³-hybridized carbons (Fsp3) is 0.556. The number of fused-ring (bicyclic) bond motifs is 2. The molecule has 1 aromatic carbocycles. The normalized spacial score (nSPS) is 29.8. The Hall–Kier alpha value is -2.00. The average molecular weight is 395 g/mol. The average Bonchev–Trinajstić information content (AvgIpc) is 3.10. The molecule has 3 fully saturated rings. The van der Waals surface area contributed by atoms with Gasteiger partial charge in [0.05, 0.1) is 36.5 Å². The van der Waals surface area contributed by atoms with Gasteiger partial charge in [0.1, 0.15) is 23.4 Å². The molecule has 3 atom stereocenters. The van der Waals surface area contributed by atoms with Crippen molar-refractivity contribution in [2.45, 2.75) is 38.0 Å². The Bertz CT molecular complexity index is 750. The molecule has 2 amide bonds. The van der Waals surface area contributed by atoms with E-state index in [1.165, 1.54) is 17.9 Å². The minimum Gasteiger partial charge on any atom is -0.616 e. The standard InChI is InChI=1S/C18H22FN3O4S/c1-11(23)20-7-15-8-21(18(24)26-15)12-4-5-17(16(19)6-12)22-13-2-3-14(22)10-27(25)9-13/h4-6,13-15H,2-3,7-10H2,1H3,(H,20,23)/t13?,14?,15-,27?/m0/s1. The highest BCUT2D eigenvalue weighted by Gasteiger charge is 2.44. The van der Waals surface area contributed by atoms with Crippen LogP contribution < -0.4 is 15.1 Å². The smallest absolute Gasteiger partial charge is 0.414 e. The highest BCUT2D eigenvalue weighted by molar-refractivity contribution is 7.91. The van der Waals surface area contributed by atoms with Gasteiger partial charge in [0.25, 0.3) is 0 Å². The van der Waals surface area contributed by atoms with Crippen molar-refractivity contribution >= 4 is 34.6 Å². The number of carbonyl (C=O) groups excluding carboxylic acids is 2. The lowest BCUT2D eigenvalue weighted by molar-refractivity contribution is -0.119. The molecule has 3 aliphatic heterocycles. The van der Waals surface area contributed by atoms with Crippen molar-refractivity contribution in [1.29, 1.82) is 0 Å². The summed E-state index contributed by atoms with van der Waals surface area (Å²) >= 11 is -0.823. The van der Waals surface area contributed by atoms with Gasteiger partial charge >= 0.3 is 6.09 Å². The number of nitrogens with one attached hydrogen (secondary N) is 1. The number of amides is 2. The number of anilines is 2. The predicted molar refractivity (Wildman–Crippen MR) is 99.9 cm³/mol. The zero-order valence-corrected chi connectivity index (χ0v) is 15.8. The van der Waals surface area contributed by atoms with Crippen molar-refractivity contribution in [2.75, 3.05) is 34.4 Å². The molecule has 27 heavy (non-hydrogen) atoms. The summed E-state index contributed by atoms with van der Waals surface area (Å²) in [7, 11) is 0. The fourth-order valence-electron chi connectivity index (χ4n) is 4.15. The molecule has 3 heterocycles. The lowest BCUT2D eigenvalue weighted by Gasteiger charge is -2.37. The van der Waals surface area contributed by atoms with Crippen LogP contribution in [0.4, 0.5) is 20.6 Å². The number of benzene rings is 1. The number of cyclic esters (lactones) is 1. The van der Waals surface area contributed by atoms with Crippen LogP contribution in [-0.4, -0.2) is 59.3 Å². The second-order valence-electron chi connectivity index (χ2n) is 7.25. The SMILES string of the molecule is CC(=O)NC[C@H]1CN(c2ccc(N3C4CCC3C[S+]([O-])C4)c(F)c2)C(=O)O1. The Morgan fingerprint density at radius 2 is 2.07 bits per heavy atom. The molecule has 7 nitrogen and oxygen atoms in total. The van der Waals surface area contributed by atoms with Crippen LogP contribution in [0, 0.1) is 5.82 Å². The molecule has 0 saturated carbocycles. The second-order valence-corrected chi connectivity index (χ2v) is 8.80. The predicted octanol–water partition coefficient (Wildman–Crippen LogP) is 1.39. The molecule has 1 aromatic rings. The molecular weight excluding hydrogens is 373 g/mol. The molecule has 9 heteroatoms. The largest absolute Gasteiger partial charge is 0.616 e. The first-order valence-corrected chi connectivity index (χ1v) is 10.6. The summed E-state index contributed by atoms with van der Waals surface area (Å²) in [5.74, 6) is 0.578. The highest BCUT2D eigenvalue weighted by Crippen LogP contribution is 2.38. The summed E-state index contributed by atoms with van der Waals surface area (Å²) in [6.07, 6.45) is 0.852. The second kappa shape index (κ2) is 7.20. The van der Waals surface area contributed by atoms with Crippen molar-refractivity contribution in [3.63, 3.8) is 0 Å². The molecule has 0 radical (unpaired) electrons. The van der Waals surface area contributed by atoms with E-state index >= 15 is 0 Å². The third kappa shape index (κ3) is 3.58. The van der Waals surface area contributed by atoms with E-state index in [4.69, 9.17) is 4.74 Å². The highest BCUT2D eigenvalue weighted by atomic mass is 32.2. The topological polar surface area (TPSA) is 84.9 Å². The fourth-order valence-corrected chi connectivity index (χ4v) is 5.80. The first-order valence-electron chi connectivity index (χ1n) is 9.08.